The van der Waals surface area contributed by atoms with Gasteiger partial charge in [-0.2, -0.15) is 0 Å². The van der Waals surface area contributed by atoms with E-state index in [9.17, 15) is 0 Å². The van der Waals surface area contributed by atoms with E-state index >= 15 is 0 Å². The molecule has 0 spiro atoms. The van der Waals surface area contributed by atoms with Crippen molar-refractivity contribution in [2.45, 2.75) is 19.8 Å². The van der Waals surface area contributed by atoms with E-state index in [0.717, 1.165) is 5.46 Å². The number of rotatable bonds is 4. The molecule has 0 saturated heterocycles. The minimum absolute atomic E-state index is 0.256. The monoisotopic (exact) mass is 192 g/mol. The minimum Gasteiger partial charge on any atom is -0.410 e. The van der Waals surface area contributed by atoms with E-state index in [1.54, 1.807) is 14.2 Å². The summed E-state index contributed by atoms with van der Waals surface area (Å²) in [6.07, 6.45) is 0. The highest BCUT2D eigenvalue weighted by Gasteiger charge is 2.21. The van der Waals surface area contributed by atoms with E-state index in [2.05, 4.69) is 19.9 Å². The standard InChI is InChI=1S/C11H17BO2/c1-9(2)10-7-5-6-8-11(10)12(13-3)14-4/h5-9H,1-4H3. The zero-order chi connectivity index (χ0) is 10.6. The molecule has 1 aromatic carbocycles. The Morgan fingerprint density at radius 2 is 1.64 bits per heavy atom. The van der Waals surface area contributed by atoms with E-state index in [0.29, 0.717) is 5.92 Å². The molecular formula is C11H17BO2. The summed E-state index contributed by atoms with van der Waals surface area (Å²) in [4.78, 5) is 0. The lowest BCUT2D eigenvalue weighted by Crippen LogP contribution is -2.37. The Morgan fingerprint density at radius 3 is 2.14 bits per heavy atom. The lowest BCUT2D eigenvalue weighted by atomic mass is 9.73. The third kappa shape index (κ3) is 2.37. The van der Waals surface area contributed by atoms with E-state index in [-0.39, 0.29) is 7.12 Å². The van der Waals surface area contributed by atoms with Crippen LogP contribution in [0.25, 0.3) is 0 Å². The second-order valence-electron chi connectivity index (χ2n) is 3.59. The molecule has 0 aromatic heterocycles. The van der Waals surface area contributed by atoms with Crippen LogP contribution in [-0.4, -0.2) is 21.3 Å². The first-order valence-corrected chi connectivity index (χ1v) is 4.85. The molecule has 1 rings (SSSR count). The first-order chi connectivity index (χ1) is 6.70. The zero-order valence-corrected chi connectivity index (χ0v) is 9.28. The third-order valence-corrected chi connectivity index (χ3v) is 2.30. The van der Waals surface area contributed by atoms with Gasteiger partial charge in [-0.15, -0.1) is 0 Å². The van der Waals surface area contributed by atoms with Crippen molar-refractivity contribution in [3.8, 4) is 0 Å². The molecule has 0 amide bonds. The lowest BCUT2D eigenvalue weighted by Gasteiger charge is -2.15. The molecule has 0 bridgehead atoms. The fourth-order valence-electron chi connectivity index (χ4n) is 1.60. The summed E-state index contributed by atoms with van der Waals surface area (Å²) in [5.41, 5.74) is 2.40. The molecule has 76 valence electrons. The number of hydrogen-bond donors (Lipinski definition) is 0. The summed E-state index contributed by atoms with van der Waals surface area (Å²) in [5, 5.41) is 0. The molecule has 0 aliphatic carbocycles. The van der Waals surface area contributed by atoms with Crippen molar-refractivity contribution >= 4 is 12.6 Å². The molecule has 0 unspecified atom stereocenters. The normalized spacial score (nSPS) is 10.6. The van der Waals surface area contributed by atoms with E-state index in [1.165, 1.54) is 5.56 Å². The Labute approximate surface area is 86.4 Å². The first kappa shape index (κ1) is 11.3. The van der Waals surface area contributed by atoms with Crippen LogP contribution in [0.3, 0.4) is 0 Å². The lowest BCUT2D eigenvalue weighted by molar-refractivity contribution is 0.291. The highest BCUT2D eigenvalue weighted by Crippen LogP contribution is 2.12. The molecule has 0 fully saturated rings. The maximum Gasteiger partial charge on any atom is 0.493 e. The van der Waals surface area contributed by atoms with Crippen molar-refractivity contribution in [2.75, 3.05) is 14.2 Å². The van der Waals surface area contributed by atoms with Crippen molar-refractivity contribution in [3.05, 3.63) is 29.8 Å². The van der Waals surface area contributed by atoms with Crippen LogP contribution in [0.15, 0.2) is 24.3 Å². The Kier molecular flexibility index (Phi) is 4.17. The number of benzene rings is 1. The van der Waals surface area contributed by atoms with Crippen LogP contribution in [0.2, 0.25) is 0 Å². The molecule has 0 aliphatic rings. The van der Waals surface area contributed by atoms with Crippen LogP contribution in [0, 0.1) is 0 Å². The summed E-state index contributed by atoms with van der Waals surface area (Å²) >= 11 is 0. The third-order valence-electron chi connectivity index (χ3n) is 2.30. The predicted octanol–water partition coefficient (Wildman–Crippen LogP) is 1.80. The molecule has 0 aliphatic heterocycles. The van der Waals surface area contributed by atoms with Gasteiger partial charge in [-0.05, 0) is 16.9 Å². The van der Waals surface area contributed by atoms with Crippen LogP contribution >= 0.6 is 0 Å². The van der Waals surface area contributed by atoms with Crippen molar-refractivity contribution in [1.29, 1.82) is 0 Å². The first-order valence-electron chi connectivity index (χ1n) is 4.85. The minimum atomic E-state index is -0.256. The fourth-order valence-corrected chi connectivity index (χ4v) is 1.60. The largest absolute Gasteiger partial charge is 0.493 e. The van der Waals surface area contributed by atoms with Crippen molar-refractivity contribution < 1.29 is 9.31 Å². The summed E-state index contributed by atoms with van der Waals surface area (Å²) in [5.74, 6) is 0.485. The van der Waals surface area contributed by atoms with Crippen LogP contribution in [0.5, 0.6) is 0 Å². The molecule has 3 heteroatoms. The summed E-state index contributed by atoms with van der Waals surface area (Å²) < 4.78 is 10.5. The summed E-state index contributed by atoms with van der Waals surface area (Å²) in [6, 6.07) is 8.21. The van der Waals surface area contributed by atoms with Gasteiger partial charge in [-0.3, -0.25) is 0 Å². The molecule has 0 radical (unpaired) electrons. The van der Waals surface area contributed by atoms with Gasteiger partial charge in [0.05, 0.1) is 0 Å². The molecular weight excluding hydrogens is 175 g/mol. The topological polar surface area (TPSA) is 18.5 Å². The van der Waals surface area contributed by atoms with Gasteiger partial charge in [0.1, 0.15) is 0 Å². The van der Waals surface area contributed by atoms with Crippen molar-refractivity contribution in [2.24, 2.45) is 0 Å². The van der Waals surface area contributed by atoms with Gasteiger partial charge >= 0.3 is 7.12 Å². The van der Waals surface area contributed by atoms with Gasteiger partial charge in [-0.25, -0.2) is 0 Å². The highest BCUT2D eigenvalue weighted by molar-refractivity contribution is 6.61. The molecule has 0 heterocycles. The second-order valence-corrected chi connectivity index (χ2v) is 3.59. The summed E-state index contributed by atoms with van der Waals surface area (Å²) in [7, 11) is 3.06. The Hall–Kier alpha value is -0.795. The Bertz CT molecular complexity index is 282. The van der Waals surface area contributed by atoms with E-state index in [4.69, 9.17) is 9.31 Å². The average molecular weight is 192 g/mol. The second kappa shape index (κ2) is 5.18. The molecule has 1 aromatic rings. The summed E-state index contributed by atoms with van der Waals surface area (Å²) in [6.45, 7) is 4.34. The molecule has 2 nitrogen and oxygen atoms in total. The smallest absolute Gasteiger partial charge is 0.410 e. The highest BCUT2D eigenvalue weighted by atomic mass is 16.6. The maximum absolute atomic E-state index is 5.25. The van der Waals surface area contributed by atoms with Crippen LogP contribution in [0.1, 0.15) is 25.3 Å². The fraction of sp³-hybridized carbons (Fsp3) is 0.455. The zero-order valence-electron chi connectivity index (χ0n) is 9.28. The van der Waals surface area contributed by atoms with Gasteiger partial charge in [-0.1, -0.05) is 38.1 Å². The van der Waals surface area contributed by atoms with Crippen LogP contribution in [-0.2, 0) is 9.31 Å². The molecule has 0 N–H and O–H groups in total. The average Bonchev–Trinajstić information content (AvgIpc) is 2.20. The quantitative estimate of drug-likeness (QED) is 0.677. The van der Waals surface area contributed by atoms with Crippen molar-refractivity contribution in [1.82, 2.24) is 0 Å². The number of hydrogen-bond acceptors (Lipinski definition) is 2. The van der Waals surface area contributed by atoms with Gasteiger partial charge in [0.15, 0.2) is 0 Å². The molecule has 0 atom stereocenters. The predicted molar refractivity (Wildman–Crippen MR) is 59.9 cm³/mol. The van der Waals surface area contributed by atoms with Gasteiger partial charge in [0.2, 0.25) is 0 Å². The SMILES string of the molecule is COB(OC)c1ccccc1C(C)C. The maximum atomic E-state index is 5.25. The van der Waals surface area contributed by atoms with Crippen LogP contribution < -0.4 is 5.46 Å². The van der Waals surface area contributed by atoms with Crippen molar-refractivity contribution in [3.63, 3.8) is 0 Å². The molecule has 0 saturated carbocycles. The Balaban J connectivity index is 3.05. The van der Waals surface area contributed by atoms with Gasteiger partial charge in [0.25, 0.3) is 0 Å². The van der Waals surface area contributed by atoms with Gasteiger partial charge in [0, 0.05) is 14.2 Å². The van der Waals surface area contributed by atoms with E-state index < -0.39 is 0 Å². The Morgan fingerprint density at radius 1 is 1.07 bits per heavy atom. The molecule has 14 heavy (non-hydrogen) atoms. The van der Waals surface area contributed by atoms with Crippen LogP contribution in [0.4, 0.5) is 0 Å². The van der Waals surface area contributed by atoms with Gasteiger partial charge < -0.3 is 9.31 Å². The van der Waals surface area contributed by atoms with E-state index in [1.807, 2.05) is 18.2 Å².